The van der Waals surface area contributed by atoms with Gasteiger partial charge in [0.15, 0.2) is 11.5 Å². The summed E-state index contributed by atoms with van der Waals surface area (Å²) in [6.07, 6.45) is 4.15. The minimum Gasteiger partial charge on any atom is -0.281 e. The first-order valence-corrected chi connectivity index (χ1v) is 7.18. The average Bonchev–Trinajstić information content (AvgIpc) is 2.98. The summed E-state index contributed by atoms with van der Waals surface area (Å²) in [5.41, 5.74) is 6.60. The van der Waals surface area contributed by atoms with E-state index in [1.807, 2.05) is 6.92 Å². The minimum absolute atomic E-state index is 0.120. The van der Waals surface area contributed by atoms with Crippen molar-refractivity contribution in [2.75, 3.05) is 5.43 Å². The van der Waals surface area contributed by atoms with E-state index in [1.165, 1.54) is 18.5 Å². The highest BCUT2D eigenvalue weighted by Gasteiger charge is 2.11. The molecule has 1 aromatic carbocycles. The molecule has 7 nitrogen and oxygen atoms in total. The number of halogens is 1. The number of hydrogen-bond donors (Lipinski definition) is 2. The number of rotatable bonds is 5. The van der Waals surface area contributed by atoms with Gasteiger partial charge in [-0.05, 0) is 30.7 Å². The first-order valence-electron chi connectivity index (χ1n) is 7.18. The Morgan fingerprint density at radius 3 is 2.78 bits per heavy atom. The smallest absolute Gasteiger partial charge is 0.238 e. The van der Waals surface area contributed by atoms with Crippen LogP contribution in [0.4, 0.5) is 10.2 Å². The SMILES string of the molecule is CCCC(=O)NNc1ncnc2c1cnn2-c1ccc(F)cc1. The standard InChI is InChI=1S/C15H15FN6O/c1-2-3-13(23)20-21-14-12-8-19-22(15(12)18-9-17-14)11-6-4-10(16)5-7-11/h4-9H,2-3H2,1H3,(H,20,23)(H,17,18,21). The zero-order valence-corrected chi connectivity index (χ0v) is 12.5. The van der Waals surface area contributed by atoms with Crippen molar-refractivity contribution in [2.24, 2.45) is 0 Å². The van der Waals surface area contributed by atoms with Crippen molar-refractivity contribution in [3.8, 4) is 5.69 Å². The summed E-state index contributed by atoms with van der Waals surface area (Å²) < 4.78 is 14.6. The van der Waals surface area contributed by atoms with Crippen LogP contribution in [-0.4, -0.2) is 25.7 Å². The molecule has 0 radical (unpaired) electrons. The number of nitrogens with one attached hydrogen (secondary N) is 2. The van der Waals surface area contributed by atoms with Gasteiger partial charge in [-0.25, -0.2) is 19.0 Å². The Bertz CT molecular complexity index is 830. The predicted molar refractivity (Wildman–Crippen MR) is 83.3 cm³/mol. The van der Waals surface area contributed by atoms with Gasteiger partial charge in [0.05, 0.1) is 17.3 Å². The Balaban J connectivity index is 1.91. The summed E-state index contributed by atoms with van der Waals surface area (Å²) in [7, 11) is 0. The van der Waals surface area contributed by atoms with Crippen LogP contribution in [-0.2, 0) is 4.79 Å². The van der Waals surface area contributed by atoms with Gasteiger partial charge in [-0.1, -0.05) is 6.92 Å². The van der Waals surface area contributed by atoms with Gasteiger partial charge in [0.2, 0.25) is 5.91 Å². The molecule has 0 fully saturated rings. The number of nitrogens with zero attached hydrogens (tertiary/aromatic N) is 4. The molecular weight excluding hydrogens is 299 g/mol. The lowest BCUT2D eigenvalue weighted by Gasteiger charge is -2.08. The van der Waals surface area contributed by atoms with Crippen LogP contribution in [0.3, 0.4) is 0 Å². The van der Waals surface area contributed by atoms with Gasteiger partial charge in [-0.2, -0.15) is 5.10 Å². The first kappa shape index (κ1) is 14.9. The largest absolute Gasteiger partial charge is 0.281 e. The van der Waals surface area contributed by atoms with Crippen molar-refractivity contribution in [2.45, 2.75) is 19.8 Å². The molecule has 3 rings (SSSR count). The Hall–Kier alpha value is -3.03. The third-order valence-corrected chi connectivity index (χ3v) is 3.23. The minimum atomic E-state index is -0.319. The molecule has 0 unspecified atom stereocenters. The molecule has 0 atom stereocenters. The van der Waals surface area contributed by atoms with Gasteiger partial charge in [-0.3, -0.25) is 15.6 Å². The van der Waals surface area contributed by atoms with E-state index in [0.29, 0.717) is 29.0 Å². The van der Waals surface area contributed by atoms with E-state index in [2.05, 4.69) is 25.9 Å². The van der Waals surface area contributed by atoms with E-state index < -0.39 is 0 Å². The molecule has 0 spiro atoms. The van der Waals surface area contributed by atoms with E-state index in [4.69, 9.17) is 0 Å². The number of anilines is 1. The molecule has 0 aliphatic carbocycles. The third kappa shape index (κ3) is 3.10. The van der Waals surface area contributed by atoms with E-state index in [-0.39, 0.29) is 11.7 Å². The van der Waals surface area contributed by atoms with E-state index in [1.54, 1.807) is 23.0 Å². The number of carbonyl (C=O) groups excluding carboxylic acids is 1. The second kappa shape index (κ2) is 6.39. The summed E-state index contributed by atoms with van der Waals surface area (Å²) >= 11 is 0. The molecular formula is C15H15FN6O. The van der Waals surface area contributed by atoms with Gasteiger partial charge >= 0.3 is 0 Å². The highest BCUT2D eigenvalue weighted by atomic mass is 19.1. The lowest BCUT2D eigenvalue weighted by Crippen LogP contribution is -2.29. The Kier molecular flexibility index (Phi) is 4.13. The number of fused-ring (bicyclic) bond motifs is 1. The quantitative estimate of drug-likeness (QED) is 0.705. The van der Waals surface area contributed by atoms with Gasteiger partial charge < -0.3 is 0 Å². The van der Waals surface area contributed by atoms with Crippen molar-refractivity contribution < 1.29 is 9.18 Å². The Morgan fingerprint density at radius 2 is 2.04 bits per heavy atom. The van der Waals surface area contributed by atoms with E-state index in [9.17, 15) is 9.18 Å². The van der Waals surface area contributed by atoms with Crippen LogP contribution < -0.4 is 10.9 Å². The van der Waals surface area contributed by atoms with Gasteiger partial charge in [0, 0.05) is 6.42 Å². The van der Waals surface area contributed by atoms with Crippen molar-refractivity contribution in [1.29, 1.82) is 0 Å². The Labute approximate surface area is 131 Å². The molecule has 0 saturated heterocycles. The van der Waals surface area contributed by atoms with Crippen LogP contribution in [0, 0.1) is 5.82 Å². The summed E-state index contributed by atoms with van der Waals surface area (Å²) in [6, 6.07) is 5.93. The van der Waals surface area contributed by atoms with Crippen LogP contribution in [0.15, 0.2) is 36.8 Å². The van der Waals surface area contributed by atoms with Crippen LogP contribution in [0.25, 0.3) is 16.7 Å². The third-order valence-electron chi connectivity index (χ3n) is 3.23. The zero-order chi connectivity index (χ0) is 16.2. The molecule has 118 valence electrons. The lowest BCUT2D eigenvalue weighted by atomic mass is 10.3. The maximum absolute atomic E-state index is 13.0. The second-order valence-electron chi connectivity index (χ2n) is 4.92. The van der Waals surface area contributed by atoms with Gasteiger partial charge in [-0.15, -0.1) is 0 Å². The molecule has 8 heteroatoms. The molecule has 1 amide bonds. The van der Waals surface area contributed by atoms with Crippen LogP contribution >= 0.6 is 0 Å². The van der Waals surface area contributed by atoms with Crippen molar-refractivity contribution in [3.05, 3.63) is 42.6 Å². The molecule has 0 bridgehead atoms. The number of hydrogen-bond acceptors (Lipinski definition) is 5. The van der Waals surface area contributed by atoms with Crippen LogP contribution in [0.2, 0.25) is 0 Å². The number of benzene rings is 1. The molecule has 23 heavy (non-hydrogen) atoms. The topological polar surface area (TPSA) is 84.7 Å². The lowest BCUT2D eigenvalue weighted by molar-refractivity contribution is -0.120. The van der Waals surface area contributed by atoms with Crippen molar-refractivity contribution >= 4 is 22.8 Å². The van der Waals surface area contributed by atoms with Crippen molar-refractivity contribution in [3.63, 3.8) is 0 Å². The number of carbonyl (C=O) groups is 1. The molecule has 2 heterocycles. The normalized spacial score (nSPS) is 10.7. The summed E-state index contributed by atoms with van der Waals surface area (Å²) in [5.74, 6) is 0.0128. The molecule has 3 aromatic rings. The number of hydrazine groups is 1. The molecule has 2 N–H and O–H groups in total. The first-order chi connectivity index (χ1) is 11.2. The summed E-state index contributed by atoms with van der Waals surface area (Å²) in [6.45, 7) is 1.93. The van der Waals surface area contributed by atoms with E-state index in [0.717, 1.165) is 6.42 Å². The Morgan fingerprint density at radius 1 is 1.26 bits per heavy atom. The fraction of sp³-hybridized carbons (Fsp3) is 0.200. The van der Waals surface area contributed by atoms with Crippen LogP contribution in [0.1, 0.15) is 19.8 Å². The summed E-state index contributed by atoms with van der Waals surface area (Å²) in [4.78, 5) is 19.9. The van der Waals surface area contributed by atoms with Gasteiger partial charge in [0.1, 0.15) is 12.1 Å². The molecule has 0 aliphatic heterocycles. The predicted octanol–water partition coefficient (Wildman–Crippen LogP) is 2.20. The van der Waals surface area contributed by atoms with Gasteiger partial charge in [0.25, 0.3) is 0 Å². The molecule has 0 saturated carbocycles. The summed E-state index contributed by atoms with van der Waals surface area (Å²) in [5, 5.41) is 4.91. The number of aromatic nitrogens is 4. The fourth-order valence-electron chi connectivity index (χ4n) is 2.13. The number of amides is 1. The highest BCUT2D eigenvalue weighted by Crippen LogP contribution is 2.21. The van der Waals surface area contributed by atoms with E-state index >= 15 is 0 Å². The maximum Gasteiger partial charge on any atom is 0.238 e. The molecule has 2 aromatic heterocycles. The van der Waals surface area contributed by atoms with Crippen molar-refractivity contribution in [1.82, 2.24) is 25.2 Å². The fourth-order valence-corrected chi connectivity index (χ4v) is 2.13. The molecule has 0 aliphatic rings. The second-order valence-corrected chi connectivity index (χ2v) is 4.92. The maximum atomic E-state index is 13.0. The highest BCUT2D eigenvalue weighted by molar-refractivity contribution is 5.88. The van der Waals surface area contributed by atoms with Crippen LogP contribution in [0.5, 0.6) is 0 Å². The zero-order valence-electron chi connectivity index (χ0n) is 12.5. The average molecular weight is 314 g/mol. The monoisotopic (exact) mass is 314 g/mol.